The van der Waals surface area contributed by atoms with Crippen LogP contribution in [0.2, 0.25) is 0 Å². The minimum atomic E-state index is -3.11. The lowest BCUT2D eigenvalue weighted by Crippen LogP contribution is -2.04. The largest absolute Gasteiger partial charge is 0.478 e. The van der Waals surface area contributed by atoms with Gasteiger partial charge in [-0.25, -0.2) is 4.79 Å². The van der Waals surface area contributed by atoms with Gasteiger partial charge >= 0.3 is 12.6 Å². The average molecular weight is 273 g/mol. The molecule has 1 aromatic rings. The molecule has 8 heteroatoms. The van der Waals surface area contributed by atoms with E-state index in [2.05, 4.69) is 4.74 Å². The summed E-state index contributed by atoms with van der Waals surface area (Å²) in [6, 6.07) is 2.95. The van der Waals surface area contributed by atoms with Crippen molar-refractivity contribution in [1.82, 2.24) is 0 Å². The molecule has 19 heavy (non-hydrogen) atoms. The van der Waals surface area contributed by atoms with Gasteiger partial charge in [-0.1, -0.05) is 0 Å². The van der Waals surface area contributed by atoms with Gasteiger partial charge in [0.2, 0.25) is 0 Å². The molecule has 1 aromatic carbocycles. The molecular formula is C11H9F2NO5. The van der Waals surface area contributed by atoms with E-state index in [0.717, 1.165) is 24.3 Å². The van der Waals surface area contributed by atoms with Gasteiger partial charge in [-0.05, 0) is 19.1 Å². The molecule has 1 rings (SSSR count). The molecule has 0 fully saturated rings. The molecule has 0 bridgehead atoms. The van der Waals surface area contributed by atoms with Crippen molar-refractivity contribution in [3.8, 4) is 5.75 Å². The lowest BCUT2D eigenvalue weighted by atomic mass is 10.1. The van der Waals surface area contributed by atoms with Crippen LogP contribution in [0.25, 0.3) is 6.08 Å². The molecule has 0 saturated carbocycles. The molecule has 1 N–H and O–H groups in total. The fourth-order valence-corrected chi connectivity index (χ4v) is 1.26. The first-order valence-corrected chi connectivity index (χ1v) is 4.96. The fourth-order valence-electron chi connectivity index (χ4n) is 1.26. The van der Waals surface area contributed by atoms with E-state index < -0.39 is 17.5 Å². The van der Waals surface area contributed by atoms with Gasteiger partial charge in [-0.15, -0.1) is 0 Å². The Kier molecular flexibility index (Phi) is 4.51. The number of carboxylic acids is 1. The maximum absolute atomic E-state index is 12.2. The molecule has 0 amide bonds. The molecule has 0 atom stereocenters. The van der Waals surface area contributed by atoms with Crippen LogP contribution in [0.15, 0.2) is 23.8 Å². The van der Waals surface area contributed by atoms with Crippen molar-refractivity contribution in [2.24, 2.45) is 0 Å². The second-order valence-corrected chi connectivity index (χ2v) is 3.49. The van der Waals surface area contributed by atoms with Gasteiger partial charge in [0.05, 0.1) is 4.92 Å². The molecule has 0 aliphatic heterocycles. The number of carbonyl (C=O) groups is 1. The molecular weight excluding hydrogens is 264 g/mol. The topological polar surface area (TPSA) is 89.7 Å². The summed E-state index contributed by atoms with van der Waals surface area (Å²) in [6.45, 7) is -1.88. The van der Waals surface area contributed by atoms with Gasteiger partial charge in [0.15, 0.2) is 0 Å². The number of ether oxygens (including phenoxy) is 1. The summed E-state index contributed by atoms with van der Waals surface area (Å²) < 4.78 is 28.5. The van der Waals surface area contributed by atoms with E-state index in [1.165, 1.54) is 6.92 Å². The standard InChI is InChI=1S/C11H9F2NO5/c1-6(10(15)16)4-7-5-8(14(17)18)2-3-9(7)19-11(12)13/h2-5,11H,1H3,(H,15,16)/b6-4+. The molecule has 0 aromatic heterocycles. The number of rotatable bonds is 5. The van der Waals surface area contributed by atoms with E-state index in [4.69, 9.17) is 5.11 Å². The van der Waals surface area contributed by atoms with E-state index in [-0.39, 0.29) is 22.6 Å². The number of carboxylic acid groups (broad SMARTS) is 1. The molecule has 0 radical (unpaired) electrons. The summed E-state index contributed by atoms with van der Waals surface area (Å²) >= 11 is 0. The van der Waals surface area contributed by atoms with Crippen LogP contribution in [-0.2, 0) is 4.79 Å². The maximum atomic E-state index is 12.2. The lowest BCUT2D eigenvalue weighted by Gasteiger charge is -2.08. The van der Waals surface area contributed by atoms with Crippen molar-refractivity contribution in [1.29, 1.82) is 0 Å². The molecule has 0 aliphatic rings. The van der Waals surface area contributed by atoms with Crippen LogP contribution in [0.1, 0.15) is 12.5 Å². The Morgan fingerprint density at radius 3 is 2.63 bits per heavy atom. The highest BCUT2D eigenvalue weighted by atomic mass is 19.3. The third-order valence-electron chi connectivity index (χ3n) is 2.13. The van der Waals surface area contributed by atoms with E-state index in [1.807, 2.05) is 0 Å². The van der Waals surface area contributed by atoms with Crippen LogP contribution in [0.4, 0.5) is 14.5 Å². The normalized spacial score (nSPS) is 11.5. The molecule has 0 spiro atoms. The highest BCUT2D eigenvalue weighted by Crippen LogP contribution is 2.27. The summed E-state index contributed by atoms with van der Waals surface area (Å²) in [5.74, 6) is -1.60. The Balaban J connectivity index is 3.29. The molecule has 102 valence electrons. The Bertz CT molecular complexity index is 542. The van der Waals surface area contributed by atoms with Crippen molar-refractivity contribution < 1.29 is 28.3 Å². The van der Waals surface area contributed by atoms with Gasteiger partial charge < -0.3 is 9.84 Å². The SMILES string of the molecule is C/C(=C\c1cc([N+](=O)[O-])ccc1OC(F)F)C(=O)O. The number of nitrogens with zero attached hydrogens (tertiary/aromatic N) is 1. The van der Waals surface area contributed by atoms with Crippen LogP contribution in [-0.4, -0.2) is 22.6 Å². The van der Waals surface area contributed by atoms with Gasteiger partial charge in [0.25, 0.3) is 5.69 Å². The van der Waals surface area contributed by atoms with Gasteiger partial charge in [-0.3, -0.25) is 10.1 Å². The second kappa shape index (κ2) is 5.89. The van der Waals surface area contributed by atoms with Crippen molar-refractivity contribution in [3.05, 3.63) is 39.4 Å². The maximum Gasteiger partial charge on any atom is 0.387 e. The molecule has 0 saturated heterocycles. The summed E-state index contributed by atoms with van der Waals surface area (Å²) in [5.41, 5.74) is -0.625. The Morgan fingerprint density at radius 2 is 2.16 bits per heavy atom. The number of benzene rings is 1. The Labute approximate surface area is 106 Å². The first kappa shape index (κ1) is 14.6. The number of nitro groups is 1. The highest BCUT2D eigenvalue weighted by molar-refractivity contribution is 5.92. The zero-order valence-electron chi connectivity index (χ0n) is 9.67. The number of alkyl halides is 2. The van der Waals surface area contributed by atoms with E-state index >= 15 is 0 Å². The monoisotopic (exact) mass is 273 g/mol. The summed E-state index contributed by atoms with van der Waals surface area (Å²) in [7, 11) is 0. The zero-order valence-corrected chi connectivity index (χ0v) is 9.67. The Hall–Kier alpha value is -2.51. The van der Waals surface area contributed by atoms with Gasteiger partial charge in [-0.2, -0.15) is 8.78 Å². The van der Waals surface area contributed by atoms with E-state index in [1.54, 1.807) is 0 Å². The van der Waals surface area contributed by atoms with Crippen molar-refractivity contribution in [2.45, 2.75) is 13.5 Å². The fraction of sp³-hybridized carbons (Fsp3) is 0.182. The van der Waals surface area contributed by atoms with Crippen molar-refractivity contribution in [2.75, 3.05) is 0 Å². The Morgan fingerprint density at radius 1 is 1.53 bits per heavy atom. The second-order valence-electron chi connectivity index (χ2n) is 3.49. The quantitative estimate of drug-likeness (QED) is 0.506. The third-order valence-corrected chi connectivity index (χ3v) is 2.13. The minimum absolute atomic E-state index is 0.102. The molecule has 0 unspecified atom stereocenters. The first-order valence-electron chi connectivity index (χ1n) is 4.96. The van der Waals surface area contributed by atoms with E-state index in [0.29, 0.717) is 0 Å². The van der Waals surface area contributed by atoms with Crippen LogP contribution < -0.4 is 4.74 Å². The number of aliphatic carboxylic acids is 1. The number of nitro benzene ring substituents is 1. The highest BCUT2D eigenvalue weighted by Gasteiger charge is 2.14. The zero-order chi connectivity index (χ0) is 14.6. The summed E-state index contributed by atoms with van der Waals surface area (Å²) in [5, 5.41) is 19.3. The molecule has 6 nitrogen and oxygen atoms in total. The predicted molar refractivity (Wildman–Crippen MR) is 61.0 cm³/mol. The number of hydrogen-bond donors (Lipinski definition) is 1. The van der Waals surface area contributed by atoms with Crippen molar-refractivity contribution >= 4 is 17.7 Å². The number of non-ortho nitro benzene ring substituents is 1. The number of halogens is 2. The van der Waals surface area contributed by atoms with Crippen LogP contribution in [0.5, 0.6) is 5.75 Å². The molecule has 0 heterocycles. The predicted octanol–water partition coefficient (Wildman–Crippen LogP) is 2.68. The van der Waals surface area contributed by atoms with E-state index in [9.17, 15) is 23.7 Å². The van der Waals surface area contributed by atoms with Gasteiger partial charge in [0, 0.05) is 23.3 Å². The first-order chi connectivity index (χ1) is 8.81. The van der Waals surface area contributed by atoms with Crippen LogP contribution in [0, 0.1) is 10.1 Å². The van der Waals surface area contributed by atoms with Crippen molar-refractivity contribution in [3.63, 3.8) is 0 Å². The summed E-state index contributed by atoms with van der Waals surface area (Å²) in [6.07, 6.45) is 1.02. The minimum Gasteiger partial charge on any atom is -0.478 e. The van der Waals surface area contributed by atoms with Gasteiger partial charge in [0.1, 0.15) is 5.75 Å². The van der Waals surface area contributed by atoms with Crippen LogP contribution >= 0.6 is 0 Å². The number of hydrogen-bond acceptors (Lipinski definition) is 4. The average Bonchev–Trinajstić information content (AvgIpc) is 2.30. The third kappa shape index (κ3) is 4.02. The smallest absolute Gasteiger partial charge is 0.387 e. The lowest BCUT2D eigenvalue weighted by molar-refractivity contribution is -0.384. The van der Waals surface area contributed by atoms with Crippen LogP contribution in [0.3, 0.4) is 0 Å². The molecule has 0 aliphatic carbocycles. The summed E-state index contributed by atoms with van der Waals surface area (Å²) in [4.78, 5) is 20.5.